The van der Waals surface area contributed by atoms with Gasteiger partial charge >= 0.3 is 7.60 Å². The first-order valence-electron chi connectivity index (χ1n) is 11.4. The molecule has 1 aliphatic carbocycles. The number of carbonyl (C=O) groups excluding carboxylic acids is 2. The van der Waals surface area contributed by atoms with Crippen molar-refractivity contribution in [2.24, 2.45) is 16.8 Å². The molecule has 0 bridgehead atoms. The van der Waals surface area contributed by atoms with E-state index in [4.69, 9.17) is 13.8 Å². The fraction of sp³-hybridized carbons (Fsp3) is 0.609. The molecule has 2 heterocycles. The molecule has 1 saturated heterocycles. The minimum absolute atomic E-state index is 0.116. The van der Waals surface area contributed by atoms with Crippen LogP contribution in [0, 0.1) is 11.8 Å². The normalized spacial score (nSPS) is 28.4. The molecule has 2 amide bonds. The lowest BCUT2D eigenvalue weighted by atomic mass is 9.87. The molecule has 3 aliphatic rings. The van der Waals surface area contributed by atoms with Crippen molar-refractivity contribution >= 4 is 25.6 Å². The first-order chi connectivity index (χ1) is 15.4. The average Bonchev–Trinajstić information content (AvgIpc) is 3.32. The summed E-state index contributed by atoms with van der Waals surface area (Å²) in [5.41, 5.74) is 0.513. The van der Waals surface area contributed by atoms with Gasteiger partial charge in [0.15, 0.2) is 5.28 Å². The predicted molar refractivity (Wildman–Crippen MR) is 120 cm³/mol. The molecule has 2 fully saturated rings. The third kappa shape index (κ3) is 3.44. The molecule has 0 spiro atoms. The Morgan fingerprint density at radius 3 is 2.22 bits per heavy atom. The summed E-state index contributed by atoms with van der Waals surface area (Å²) in [5, 5.41) is -1.62. The van der Waals surface area contributed by atoms with Gasteiger partial charge in [0, 0.05) is 12.3 Å². The molecule has 1 aromatic rings. The highest BCUT2D eigenvalue weighted by Gasteiger charge is 2.70. The van der Waals surface area contributed by atoms with E-state index in [1.54, 1.807) is 45.2 Å². The largest absolute Gasteiger partial charge is 0.497 e. The topological polar surface area (TPSA) is 94.5 Å². The van der Waals surface area contributed by atoms with Crippen LogP contribution in [-0.4, -0.2) is 49.3 Å². The van der Waals surface area contributed by atoms with E-state index >= 15 is 0 Å². The number of ether oxygens (including phenoxy) is 1. The highest BCUT2D eigenvalue weighted by Crippen LogP contribution is 2.72. The number of rotatable bonds is 8. The zero-order chi connectivity index (χ0) is 22.9. The molecule has 0 aromatic heterocycles. The highest BCUT2D eigenvalue weighted by atomic mass is 31.2. The zero-order valence-electron chi connectivity index (χ0n) is 18.9. The molecule has 1 saturated carbocycles. The number of methoxy groups -OCH3 is 1. The number of hydrogen-bond acceptors (Lipinski definition) is 7. The Morgan fingerprint density at radius 1 is 1.03 bits per heavy atom. The lowest BCUT2D eigenvalue weighted by Crippen LogP contribution is -2.44. The fourth-order valence-electron chi connectivity index (χ4n) is 5.32. The second-order valence-corrected chi connectivity index (χ2v) is 10.6. The lowest BCUT2D eigenvalue weighted by molar-refractivity contribution is -0.143. The van der Waals surface area contributed by atoms with Crippen LogP contribution in [0.15, 0.2) is 29.3 Å². The van der Waals surface area contributed by atoms with Crippen molar-refractivity contribution in [3.8, 4) is 5.75 Å². The van der Waals surface area contributed by atoms with Gasteiger partial charge in [0.2, 0.25) is 11.8 Å². The van der Waals surface area contributed by atoms with Crippen molar-refractivity contribution in [3.05, 3.63) is 29.8 Å². The van der Waals surface area contributed by atoms with Crippen molar-refractivity contribution in [3.63, 3.8) is 0 Å². The first kappa shape index (κ1) is 23.1. The van der Waals surface area contributed by atoms with E-state index in [2.05, 4.69) is 4.99 Å². The van der Waals surface area contributed by atoms with Gasteiger partial charge in [-0.25, -0.2) is 0 Å². The zero-order valence-corrected chi connectivity index (χ0v) is 19.8. The SMILES string of the molecule is CCOP(=O)(OCC)[C@]1(c2ccc(OC)cc2)N=C[C@H]2C(=O)N(C3CCCCC3)C(=O)[C@H]21. The number of aliphatic imine (C=N–C) groups is 1. The minimum Gasteiger partial charge on any atom is -0.497 e. The summed E-state index contributed by atoms with van der Waals surface area (Å²) >= 11 is 0. The van der Waals surface area contributed by atoms with Gasteiger partial charge in [-0.05, 0) is 44.4 Å². The van der Waals surface area contributed by atoms with Crippen LogP contribution >= 0.6 is 7.60 Å². The van der Waals surface area contributed by atoms with Crippen LogP contribution < -0.4 is 4.74 Å². The van der Waals surface area contributed by atoms with Crippen LogP contribution in [0.3, 0.4) is 0 Å². The van der Waals surface area contributed by atoms with Crippen molar-refractivity contribution in [2.45, 2.75) is 57.3 Å². The van der Waals surface area contributed by atoms with Crippen LogP contribution in [-0.2, 0) is 28.5 Å². The Labute approximate surface area is 188 Å². The highest BCUT2D eigenvalue weighted by molar-refractivity contribution is 7.55. The minimum atomic E-state index is -3.98. The number of fused-ring (bicyclic) bond motifs is 1. The Morgan fingerprint density at radius 2 is 1.66 bits per heavy atom. The van der Waals surface area contributed by atoms with Gasteiger partial charge in [-0.3, -0.25) is 24.0 Å². The summed E-state index contributed by atoms with van der Waals surface area (Å²) in [6.07, 6.45) is 6.19. The molecule has 2 aliphatic heterocycles. The smallest absolute Gasteiger partial charge is 0.363 e. The Kier molecular flexibility index (Phi) is 6.57. The number of amides is 2. The number of nitrogens with zero attached hydrogens (tertiary/aromatic N) is 2. The van der Waals surface area contributed by atoms with Gasteiger partial charge in [0.05, 0.1) is 32.2 Å². The summed E-state index contributed by atoms with van der Waals surface area (Å²) in [6, 6.07) is 6.79. The van der Waals surface area contributed by atoms with Crippen molar-refractivity contribution < 1.29 is 27.9 Å². The van der Waals surface area contributed by atoms with Crippen molar-refractivity contribution in [1.82, 2.24) is 4.90 Å². The number of benzene rings is 1. The molecule has 32 heavy (non-hydrogen) atoms. The second kappa shape index (κ2) is 9.08. The maximum Gasteiger partial charge on any atom is 0.363 e. The number of imide groups is 1. The molecule has 174 valence electrons. The van der Waals surface area contributed by atoms with Gasteiger partial charge in [-0.1, -0.05) is 31.4 Å². The molecule has 3 atom stereocenters. The fourth-order valence-corrected chi connectivity index (χ4v) is 7.76. The van der Waals surface area contributed by atoms with E-state index in [-0.39, 0.29) is 31.1 Å². The van der Waals surface area contributed by atoms with E-state index in [1.165, 1.54) is 11.1 Å². The number of hydrogen-bond donors (Lipinski definition) is 0. The monoisotopic (exact) mass is 462 g/mol. The Balaban J connectivity index is 1.85. The summed E-state index contributed by atoms with van der Waals surface area (Å²) < 4.78 is 31.1. The van der Waals surface area contributed by atoms with Crippen LogP contribution in [0.25, 0.3) is 0 Å². The van der Waals surface area contributed by atoms with Crippen molar-refractivity contribution in [1.29, 1.82) is 0 Å². The van der Waals surface area contributed by atoms with Crippen LogP contribution in [0.1, 0.15) is 51.5 Å². The van der Waals surface area contributed by atoms with Gasteiger partial charge in [0.1, 0.15) is 5.75 Å². The summed E-state index contributed by atoms with van der Waals surface area (Å²) in [6.45, 7) is 3.69. The maximum absolute atomic E-state index is 14.3. The summed E-state index contributed by atoms with van der Waals surface area (Å²) in [4.78, 5) is 33.3. The lowest BCUT2D eigenvalue weighted by Gasteiger charge is -2.38. The van der Waals surface area contributed by atoms with E-state index in [0.717, 1.165) is 32.1 Å². The van der Waals surface area contributed by atoms with Crippen LogP contribution in [0.5, 0.6) is 5.75 Å². The van der Waals surface area contributed by atoms with Crippen LogP contribution in [0.2, 0.25) is 0 Å². The van der Waals surface area contributed by atoms with Gasteiger partial charge in [-0.15, -0.1) is 0 Å². The van der Waals surface area contributed by atoms with Crippen LogP contribution in [0.4, 0.5) is 0 Å². The molecule has 0 N–H and O–H groups in total. The molecule has 9 heteroatoms. The van der Waals surface area contributed by atoms with E-state index in [9.17, 15) is 14.2 Å². The summed E-state index contributed by atoms with van der Waals surface area (Å²) in [7, 11) is -2.43. The molecular formula is C23H31N2O6P. The van der Waals surface area contributed by atoms with Gasteiger partial charge in [0.25, 0.3) is 0 Å². The predicted octanol–water partition coefficient (Wildman–Crippen LogP) is 4.13. The third-order valence-corrected chi connectivity index (χ3v) is 9.40. The van der Waals surface area contributed by atoms with E-state index in [0.29, 0.717) is 11.3 Å². The molecule has 4 rings (SSSR count). The van der Waals surface area contributed by atoms with Gasteiger partial charge in [-0.2, -0.15) is 0 Å². The van der Waals surface area contributed by atoms with E-state index in [1.807, 2.05) is 0 Å². The van der Waals surface area contributed by atoms with E-state index < -0.39 is 24.7 Å². The number of carbonyl (C=O) groups is 2. The quantitative estimate of drug-likeness (QED) is 0.426. The Hall–Kier alpha value is -2.02. The second-order valence-electron chi connectivity index (χ2n) is 8.41. The molecular weight excluding hydrogens is 431 g/mol. The molecule has 1 aromatic carbocycles. The Bertz CT molecular complexity index is 932. The number of likely N-dealkylation sites (tertiary alicyclic amines) is 1. The van der Waals surface area contributed by atoms with Crippen molar-refractivity contribution in [2.75, 3.05) is 20.3 Å². The maximum atomic E-state index is 14.3. The molecule has 0 unspecified atom stereocenters. The summed E-state index contributed by atoms with van der Waals surface area (Å²) in [5.74, 6) is -1.72. The average molecular weight is 462 g/mol. The molecule has 0 radical (unpaired) electrons. The molecule has 8 nitrogen and oxygen atoms in total. The van der Waals surface area contributed by atoms with Gasteiger partial charge < -0.3 is 13.8 Å². The third-order valence-electron chi connectivity index (χ3n) is 6.72. The first-order valence-corrected chi connectivity index (χ1v) is 12.9. The standard InChI is InChI=1S/C23H31N2O6P/c1-4-30-32(28,31-5-2)23(16-11-13-18(29-3)14-12-16)20-19(15-24-23)21(26)25(22(20)27)17-9-7-6-8-10-17/h11-15,17,19-20H,4-10H2,1-3H3/t19-,20+,23+/m1/s1.